The fourth-order valence-corrected chi connectivity index (χ4v) is 2.88. The average molecular weight is 241 g/mol. The van der Waals surface area contributed by atoms with Crippen molar-refractivity contribution >= 4 is 11.3 Å². The number of thiazole rings is 1. The summed E-state index contributed by atoms with van der Waals surface area (Å²) in [7, 11) is 1.70. The molecule has 0 radical (unpaired) electrons. The molecular weight excluding hydrogens is 222 g/mol. The highest BCUT2D eigenvalue weighted by molar-refractivity contribution is 7.11. The van der Waals surface area contributed by atoms with Gasteiger partial charge in [0, 0.05) is 19.4 Å². The van der Waals surface area contributed by atoms with Gasteiger partial charge in [-0.1, -0.05) is 0 Å². The van der Waals surface area contributed by atoms with Crippen molar-refractivity contribution in [1.82, 2.24) is 4.98 Å². The highest BCUT2D eigenvalue weighted by Gasteiger charge is 2.34. The van der Waals surface area contributed by atoms with Crippen LogP contribution in [0.5, 0.6) is 0 Å². The number of aromatic nitrogens is 1. The molecule has 0 aromatic carbocycles. The number of methoxy groups -OCH3 is 1. The van der Waals surface area contributed by atoms with Crippen LogP contribution in [0.1, 0.15) is 48.2 Å². The van der Waals surface area contributed by atoms with Gasteiger partial charge in [0.05, 0.1) is 27.8 Å². The lowest BCUT2D eigenvalue weighted by Crippen LogP contribution is -2.15. The highest BCUT2D eigenvalue weighted by atomic mass is 32.1. The summed E-state index contributed by atoms with van der Waals surface area (Å²) < 4.78 is 5.06. The Morgan fingerprint density at radius 3 is 2.69 bits per heavy atom. The van der Waals surface area contributed by atoms with Gasteiger partial charge in [0.15, 0.2) is 0 Å². The minimum atomic E-state index is -0.763. The van der Waals surface area contributed by atoms with Crippen molar-refractivity contribution in [3.8, 4) is 0 Å². The van der Waals surface area contributed by atoms with Crippen LogP contribution in [0.4, 0.5) is 0 Å². The molecular formula is C12H19NO2S. The molecule has 0 atom stereocenters. The fraction of sp³-hybridized carbons (Fsp3) is 0.750. The summed E-state index contributed by atoms with van der Waals surface area (Å²) in [6.07, 6.45) is 3.28. The van der Waals surface area contributed by atoms with E-state index in [4.69, 9.17) is 4.74 Å². The van der Waals surface area contributed by atoms with Crippen LogP contribution in [0.25, 0.3) is 0 Å². The van der Waals surface area contributed by atoms with Gasteiger partial charge in [-0.05, 0) is 26.7 Å². The zero-order chi connectivity index (χ0) is 11.8. The Morgan fingerprint density at radius 1 is 1.50 bits per heavy atom. The summed E-state index contributed by atoms with van der Waals surface area (Å²) in [5.41, 5.74) is 0.365. The molecule has 4 heteroatoms. The van der Waals surface area contributed by atoms with Crippen LogP contribution in [0, 0.1) is 0 Å². The molecule has 0 aliphatic heterocycles. The molecule has 1 saturated carbocycles. The molecule has 1 N–H and O–H groups in total. The fourth-order valence-electron chi connectivity index (χ4n) is 1.75. The molecule has 16 heavy (non-hydrogen) atoms. The number of nitrogens with zero attached hydrogens (tertiary/aromatic N) is 1. The summed E-state index contributed by atoms with van der Waals surface area (Å²) >= 11 is 1.63. The molecule has 1 aliphatic carbocycles. The van der Waals surface area contributed by atoms with E-state index in [2.05, 4.69) is 4.98 Å². The third-order valence-electron chi connectivity index (χ3n) is 2.74. The first-order valence-electron chi connectivity index (χ1n) is 5.73. The molecule has 90 valence electrons. The van der Waals surface area contributed by atoms with Crippen LogP contribution in [0.3, 0.4) is 0 Å². The normalized spacial score (nSPS) is 16.8. The molecule has 2 rings (SSSR count). The second-order valence-corrected chi connectivity index (χ2v) is 5.98. The topological polar surface area (TPSA) is 42.4 Å². The van der Waals surface area contributed by atoms with Crippen LogP contribution < -0.4 is 0 Å². The molecule has 0 unspecified atom stereocenters. The van der Waals surface area contributed by atoms with Crippen molar-refractivity contribution in [1.29, 1.82) is 0 Å². The lowest BCUT2D eigenvalue weighted by Gasteiger charge is -2.16. The monoisotopic (exact) mass is 241 g/mol. The molecule has 3 nitrogen and oxygen atoms in total. The summed E-state index contributed by atoms with van der Waals surface area (Å²) in [6, 6.07) is 0. The lowest BCUT2D eigenvalue weighted by molar-refractivity contribution is 0.0813. The molecule has 1 fully saturated rings. The van der Waals surface area contributed by atoms with E-state index in [-0.39, 0.29) is 0 Å². The first kappa shape index (κ1) is 12.0. The summed E-state index contributed by atoms with van der Waals surface area (Å²) in [5.74, 6) is 0.592. The van der Waals surface area contributed by atoms with E-state index in [1.54, 1.807) is 18.4 Å². The Bertz CT molecular complexity index is 364. The summed E-state index contributed by atoms with van der Waals surface area (Å²) in [5, 5.41) is 11.2. The third kappa shape index (κ3) is 2.62. The van der Waals surface area contributed by atoms with Crippen molar-refractivity contribution in [3.63, 3.8) is 0 Å². The van der Waals surface area contributed by atoms with Crippen molar-refractivity contribution in [3.05, 3.63) is 15.6 Å². The zero-order valence-electron chi connectivity index (χ0n) is 10.1. The zero-order valence-corrected chi connectivity index (χ0v) is 10.9. The van der Waals surface area contributed by atoms with Gasteiger partial charge in [0.25, 0.3) is 0 Å². The van der Waals surface area contributed by atoms with Gasteiger partial charge in [0.2, 0.25) is 0 Å². The van der Waals surface area contributed by atoms with E-state index < -0.39 is 5.60 Å². The summed E-state index contributed by atoms with van der Waals surface area (Å²) in [6.45, 7) is 4.38. The SMILES string of the molecule is COCCc1nc(C2CC2)c(C(C)(C)O)s1. The van der Waals surface area contributed by atoms with Crippen molar-refractivity contribution in [2.24, 2.45) is 0 Å². The summed E-state index contributed by atoms with van der Waals surface area (Å²) in [4.78, 5) is 5.70. The minimum absolute atomic E-state index is 0.592. The van der Waals surface area contributed by atoms with Crippen LogP contribution >= 0.6 is 11.3 Å². The van der Waals surface area contributed by atoms with Gasteiger partial charge in [0.1, 0.15) is 0 Å². The Labute approximate surface area is 100 Å². The van der Waals surface area contributed by atoms with E-state index in [0.29, 0.717) is 12.5 Å². The Kier molecular flexibility index (Phi) is 3.33. The van der Waals surface area contributed by atoms with E-state index in [1.807, 2.05) is 13.8 Å². The standard InChI is InChI=1S/C12H19NO2S/c1-12(2,14)11-10(8-4-5-8)13-9(16-11)6-7-15-3/h8,14H,4-7H2,1-3H3. The van der Waals surface area contributed by atoms with Crippen molar-refractivity contribution in [2.75, 3.05) is 13.7 Å². The molecule has 1 aliphatic rings. The smallest absolute Gasteiger partial charge is 0.0955 e. The van der Waals surface area contributed by atoms with E-state index in [0.717, 1.165) is 22.0 Å². The van der Waals surface area contributed by atoms with Gasteiger partial charge in [-0.3, -0.25) is 0 Å². The van der Waals surface area contributed by atoms with Crippen LogP contribution in [0.2, 0.25) is 0 Å². The Balaban J connectivity index is 2.23. The first-order chi connectivity index (χ1) is 7.52. The number of rotatable bonds is 5. The number of hydrogen-bond acceptors (Lipinski definition) is 4. The molecule has 0 spiro atoms. The van der Waals surface area contributed by atoms with E-state index >= 15 is 0 Å². The predicted octanol–water partition coefficient (Wildman–Crippen LogP) is 2.44. The number of aliphatic hydroxyl groups is 1. The maximum absolute atomic E-state index is 10.1. The molecule has 0 amide bonds. The molecule has 1 aromatic heterocycles. The van der Waals surface area contributed by atoms with Crippen LogP contribution in [-0.4, -0.2) is 23.8 Å². The first-order valence-corrected chi connectivity index (χ1v) is 6.55. The van der Waals surface area contributed by atoms with Gasteiger partial charge in [-0.2, -0.15) is 0 Å². The quantitative estimate of drug-likeness (QED) is 0.861. The second kappa shape index (κ2) is 4.43. The van der Waals surface area contributed by atoms with Crippen molar-refractivity contribution < 1.29 is 9.84 Å². The van der Waals surface area contributed by atoms with Crippen LogP contribution in [0.15, 0.2) is 0 Å². The highest BCUT2D eigenvalue weighted by Crippen LogP contribution is 2.45. The largest absolute Gasteiger partial charge is 0.385 e. The number of ether oxygens (including phenoxy) is 1. The van der Waals surface area contributed by atoms with E-state index in [9.17, 15) is 5.11 Å². The minimum Gasteiger partial charge on any atom is -0.385 e. The maximum Gasteiger partial charge on any atom is 0.0955 e. The van der Waals surface area contributed by atoms with Gasteiger partial charge in [-0.25, -0.2) is 4.98 Å². The van der Waals surface area contributed by atoms with Gasteiger partial charge in [-0.15, -0.1) is 11.3 Å². The average Bonchev–Trinajstić information content (AvgIpc) is 2.94. The Hall–Kier alpha value is -0.450. The second-order valence-electron chi connectivity index (χ2n) is 4.90. The predicted molar refractivity (Wildman–Crippen MR) is 64.9 cm³/mol. The molecule has 0 bridgehead atoms. The Morgan fingerprint density at radius 2 is 2.19 bits per heavy atom. The molecule has 1 aromatic rings. The van der Waals surface area contributed by atoms with E-state index in [1.165, 1.54) is 12.8 Å². The molecule has 1 heterocycles. The van der Waals surface area contributed by atoms with Gasteiger partial charge >= 0.3 is 0 Å². The van der Waals surface area contributed by atoms with Gasteiger partial charge < -0.3 is 9.84 Å². The maximum atomic E-state index is 10.1. The third-order valence-corrected chi connectivity index (χ3v) is 4.18. The van der Waals surface area contributed by atoms with Crippen molar-refractivity contribution in [2.45, 2.75) is 44.6 Å². The lowest BCUT2D eigenvalue weighted by atomic mass is 10.0. The number of hydrogen-bond donors (Lipinski definition) is 1. The molecule has 0 saturated heterocycles. The van der Waals surface area contributed by atoms with Crippen LogP contribution in [-0.2, 0) is 16.8 Å².